The summed E-state index contributed by atoms with van der Waals surface area (Å²) >= 11 is 3.30. The average molecular weight is 685 g/mol. The molecule has 2 heterocycles. The lowest BCUT2D eigenvalue weighted by Crippen LogP contribution is -2.60. The molecule has 0 radical (unpaired) electrons. The summed E-state index contributed by atoms with van der Waals surface area (Å²) in [6, 6.07) is 1.32. The quantitative estimate of drug-likeness (QED) is 0.232. The summed E-state index contributed by atoms with van der Waals surface area (Å²) in [5.74, 6) is -2.15. The molecule has 236 valence electrons. The van der Waals surface area contributed by atoms with Crippen LogP contribution in [0.1, 0.15) is 46.5 Å². The van der Waals surface area contributed by atoms with Crippen molar-refractivity contribution >= 4 is 49.8 Å². The zero-order valence-corrected chi connectivity index (χ0v) is 27.0. The molecule has 0 unspecified atom stereocenters. The van der Waals surface area contributed by atoms with E-state index in [0.717, 1.165) is 0 Å². The summed E-state index contributed by atoms with van der Waals surface area (Å²) in [5, 5.41) is 4.73. The van der Waals surface area contributed by atoms with E-state index < -0.39 is 68.0 Å². The molecule has 5 atom stereocenters. The van der Waals surface area contributed by atoms with Gasteiger partial charge in [-0.15, -0.1) is 6.58 Å². The first-order chi connectivity index (χ1) is 20.1. The van der Waals surface area contributed by atoms with E-state index in [1.165, 1.54) is 18.1 Å². The normalized spacial score (nSPS) is 25.7. The lowest BCUT2D eigenvalue weighted by atomic mass is 9.85. The Morgan fingerprint density at radius 1 is 1.28 bits per heavy atom. The number of halogens is 1. The zero-order valence-electron chi connectivity index (χ0n) is 24.6. The van der Waals surface area contributed by atoms with Gasteiger partial charge >= 0.3 is 6.09 Å². The number of rotatable bonds is 11. The zero-order chi connectivity index (χ0) is 31.7. The van der Waals surface area contributed by atoms with E-state index in [1.54, 1.807) is 39.1 Å². The third kappa shape index (κ3) is 7.48. The topological polar surface area (TPSA) is 173 Å². The fraction of sp³-hybridized carbons (Fsp3) is 0.607. The third-order valence-electron chi connectivity index (χ3n) is 7.97. The van der Waals surface area contributed by atoms with Crippen molar-refractivity contribution < 1.29 is 37.1 Å². The maximum Gasteiger partial charge on any atom is 0.407 e. The number of ether oxygens (including phenoxy) is 2. The minimum atomic E-state index is -3.85. The molecule has 3 N–H and O–H groups in total. The van der Waals surface area contributed by atoms with Crippen LogP contribution in [0.2, 0.25) is 0 Å². The Morgan fingerprint density at radius 2 is 1.98 bits per heavy atom. The van der Waals surface area contributed by atoms with Crippen molar-refractivity contribution in [1.82, 2.24) is 25.2 Å². The summed E-state index contributed by atoms with van der Waals surface area (Å²) in [6.45, 7) is 9.37. The number of alkyl carbamates (subject to hydrolysis) is 1. The number of carbonyl (C=O) groups is 4. The Balaban J connectivity index is 1.57. The van der Waals surface area contributed by atoms with Gasteiger partial charge in [0.15, 0.2) is 0 Å². The smallest absolute Gasteiger partial charge is 0.407 e. The van der Waals surface area contributed by atoms with Gasteiger partial charge < -0.3 is 25.0 Å². The van der Waals surface area contributed by atoms with E-state index in [9.17, 15) is 27.6 Å². The van der Waals surface area contributed by atoms with Crippen LogP contribution in [-0.4, -0.2) is 85.3 Å². The van der Waals surface area contributed by atoms with Crippen molar-refractivity contribution in [2.45, 2.75) is 69.3 Å². The van der Waals surface area contributed by atoms with Gasteiger partial charge in [-0.1, -0.05) is 26.8 Å². The van der Waals surface area contributed by atoms with Crippen molar-refractivity contribution in [3.8, 4) is 5.75 Å². The summed E-state index contributed by atoms with van der Waals surface area (Å²) in [5.41, 5.74) is -2.24. The molecule has 3 fully saturated rings. The molecule has 15 heteroatoms. The standard InChI is InChI=1S/C28H38BrN5O8S/c1-6-17-13-28(17,25(37)33-43(39,40)19-7-8-19)32-23(35)20-11-16(15-42-18-9-10-30-21(29)12-18)14-34(20)24(36)22(27(2,3)4)31-26(38)41-5/h6,9-10,12,16-17,19-20,22H,1,7-8,11,13-15H2,2-5H3,(H,31,38)(H,32,35)(H,33,37)/t16-,17-,20+,22-,28-/m1/s1. The molecule has 13 nitrogen and oxygen atoms in total. The van der Waals surface area contributed by atoms with Crippen LogP contribution in [0, 0.1) is 17.3 Å². The second-order valence-corrected chi connectivity index (χ2v) is 15.1. The van der Waals surface area contributed by atoms with Crippen LogP contribution < -0.4 is 20.1 Å². The number of pyridine rings is 1. The van der Waals surface area contributed by atoms with Gasteiger partial charge in [-0.05, 0) is 53.1 Å². The van der Waals surface area contributed by atoms with Gasteiger partial charge in [0.2, 0.25) is 21.8 Å². The molecular formula is C28H38BrN5O8S. The van der Waals surface area contributed by atoms with Crippen LogP contribution >= 0.6 is 15.9 Å². The minimum absolute atomic E-state index is 0.138. The molecule has 1 saturated heterocycles. The molecule has 2 saturated carbocycles. The second kappa shape index (κ2) is 12.4. The molecule has 3 aliphatic rings. The van der Waals surface area contributed by atoms with Crippen LogP contribution in [-0.2, 0) is 29.1 Å². The lowest BCUT2D eigenvalue weighted by Gasteiger charge is -2.35. The molecule has 1 aliphatic heterocycles. The van der Waals surface area contributed by atoms with Gasteiger partial charge in [-0.2, -0.15) is 0 Å². The number of nitrogens with one attached hydrogen (secondary N) is 3. The van der Waals surface area contributed by atoms with Crippen LogP contribution in [0.3, 0.4) is 0 Å². The molecule has 4 rings (SSSR count). The first-order valence-corrected chi connectivity index (χ1v) is 16.3. The van der Waals surface area contributed by atoms with Crippen molar-refractivity contribution in [2.24, 2.45) is 17.3 Å². The van der Waals surface area contributed by atoms with Crippen LogP contribution in [0.4, 0.5) is 4.79 Å². The number of likely N-dealkylation sites (tertiary alicyclic amines) is 1. The SMILES string of the molecule is C=C[C@@H]1C[C@]1(NC(=O)[C@@H]1C[C@@H](COc2ccnc(Br)c2)CN1C(=O)[C@@H](NC(=O)OC)C(C)(C)C)C(=O)NS(=O)(=O)C1CC1. The summed E-state index contributed by atoms with van der Waals surface area (Å²) in [4.78, 5) is 58.7. The second-order valence-electron chi connectivity index (χ2n) is 12.4. The van der Waals surface area contributed by atoms with E-state index in [1.807, 2.05) is 0 Å². The number of carbonyl (C=O) groups excluding carboxylic acids is 4. The maximum absolute atomic E-state index is 14.0. The van der Waals surface area contributed by atoms with E-state index >= 15 is 0 Å². The third-order valence-corrected chi connectivity index (χ3v) is 10.2. The molecule has 2 aliphatic carbocycles. The molecule has 0 spiro atoms. The van der Waals surface area contributed by atoms with E-state index in [2.05, 4.69) is 42.8 Å². The number of sulfonamides is 1. The van der Waals surface area contributed by atoms with E-state index in [4.69, 9.17) is 9.47 Å². The molecular weight excluding hydrogens is 646 g/mol. The fourth-order valence-electron chi connectivity index (χ4n) is 5.23. The Kier molecular flexibility index (Phi) is 9.45. The molecule has 4 amide bonds. The monoisotopic (exact) mass is 683 g/mol. The minimum Gasteiger partial charge on any atom is -0.493 e. The number of nitrogens with zero attached hydrogens (tertiary/aromatic N) is 2. The summed E-state index contributed by atoms with van der Waals surface area (Å²) < 4.78 is 38.4. The Morgan fingerprint density at radius 3 is 2.53 bits per heavy atom. The number of hydrogen-bond acceptors (Lipinski definition) is 9. The first-order valence-electron chi connectivity index (χ1n) is 14.0. The van der Waals surface area contributed by atoms with Crippen molar-refractivity contribution in [1.29, 1.82) is 0 Å². The number of aromatic nitrogens is 1. The summed E-state index contributed by atoms with van der Waals surface area (Å²) in [7, 11) is -2.66. The molecule has 1 aromatic heterocycles. The Hall–Kier alpha value is -3.20. The highest BCUT2D eigenvalue weighted by Gasteiger charge is 2.62. The molecule has 43 heavy (non-hydrogen) atoms. The first kappa shape index (κ1) is 32.7. The average Bonchev–Trinajstić information content (AvgIpc) is 3.86. The van der Waals surface area contributed by atoms with Crippen molar-refractivity contribution in [2.75, 3.05) is 20.3 Å². The lowest BCUT2D eigenvalue weighted by molar-refractivity contribution is -0.142. The van der Waals surface area contributed by atoms with Crippen molar-refractivity contribution in [3.63, 3.8) is 0 Å². The van der Waals surface area contributed by atoms with Gasteiger partial charge in [0.05, 0.1) is 19.0 Å². The van der Waals surface area contributed by atoms with Gasteiger partial charge in [-0.25, -0.2) is 18.2 Å². The molecule has 1 aromatic rings. The highest BCUT2D eigenvalue weighted by atomic mass is 79.9. The van der Waals surface area contributed by atoms with Crippen LogP contribution in [0.5, 0.6) is 5.75 Å². The Labute approximate surface area is 259 Å². The highest BCUT2D eigenvalue weighted by Crippen LogP contribution is 2.45. The van der Waals surface area contributed by atoms with Crippen molar-refractivity contribution in [3.05, 3.63) is 35.6 Å². The van der Waals surface area contributed by atoms with Crippen LogP contribution in [0.15, 0.2) is 35.6 Å². The highest BCUT2D eigenvalue weighted by molar-refractivity contribution is 9.10. The fourth-order valence-corrected chi connectivity index (χ4v) is 6.94. The van der Waals surface area contributed by atoms with Gasteiger partial charge in [0.1, 0.15) is 28.0 Å². The summed E-state index contributed by atoms with van der Waals surface area (Å²) in [6.07, 6.45) is 3.60. The maximum atomic E-state index is 14.0. The predicted octanol–water partition coefficient (Wildman–Crippen LogP) is 1.88. The Bertz CT molecular complexity index is 1400. The van der Waals surface area contributed by atoms with E-state index in [0.29, 0.717) is 23.2 Å². The van der Waals surface area contributed by atoms with Gasteiger partial charge in [-0.3, -0.25) is 19.1 Å². The van der Waals surface area contributed by atoms with Gasteiger partial charge in [0, 0.05) is 30.6 Å². The number of amides is 4. The molecule has 0 aromatic carbocycles. The predicted molar refractivity (Wildman–Crippen MR) is 159 cm³/mol. The largest absolute Gasteiger partial charge is 0.493 e. The molecule has 0 bridgehead atoms. The number of methoxy groups -OCH3 is 1. The van der Waals surface area contributed by atoms with E-state index in [-0.39, 0.29) is 31.9 Å². The number of hydrogen-bond donors (Lipinski definition) is 3. The van der Waals surface area contributed by atoms with Gasteiger partial charge in [0.25, 0.3) is 5.91 Å². The van der Waals surface area contributed by atoms with Crippen LogP contribution in [0.25, 0.3) is 0 Å².